The minimum Gasteiger partial charge on any atom is -0.460 e. The lowest BCUT2D eigenvalue weighted by Crippen LogP contribution is -2.41. The maximum Gasteiger partial charge on any atom is 0.374 e. The normalized spacial score (nSPS) is 15.1. The molecule has 1 fully saturated rings. The number of esters is 1. The minimum absolute atomic E-state index is 0.132. The number of hydrogen-bond donors (Lipinski definition) is 1. The van der Waals surface area contributed by atoms with Crippen LogP contribution in [0.25, 0.3) is 11.1 Å². The van der Waals surface area contributed by atoms with Crippen molar-refractivity contribution in [2.45, 2.75) is 24.9 Å². The Morgan fingerprint density at radius 2 is 1.62 bits per heavy atom. The van der Waals surface area contributed by atoms with Gasteiger partial charge in [-0.25, -0.2) is 13.2 Å². The van der Waals surface area contributed by atoms with E-state index in [4.69, 9.17) is 9.15 Å². The number of hydrogen-bond acceptors (Lipinski definition) is 6. The number of nitrogens with zero attached hydrogens (tertiary/aromatic N) is 1. The van der Waals surface area contributed by atoms with Gasteiger partial charge >= 0.3 is 5.97 Å². The summed E-state index contributed by atoms with van der Waals surface area (Å²) in [6.45, 7) is 2.18. The molecular weight excluding hydrogens is 456 g/mol. The summed E-state index contributed by atoms with van der Waals surface area (Å²) in [5.41, 5.74) is 2.85. The van der Waals surface area contributed by atoms with Gasteiger partial charge in [-0.3, -0.25) is 4.79 Å². The predicted molar refractivity (Wildman–Crippen MR) is 127 cm³/mol. The van der Waals surface area contributed by atoms with Gasteiger partial charge in [0.05, 0.1) is 6.61 Å². The van der Waals surface area contributed by atoms with Crippen LogP contribution in [0.15, 0.2) is 76.2 Å². The molecule has 1 amide bonds. The molecule has 1 aromatic heterocycles. The SMILES string of the molecule is CCOC(=O)c1ccc(S(=O)(=O)N2CCC(C(=O)Nc3ccc(-c4ccccc4)cc3)CC2)o1. The van der Waals surface area contributed by atoms with Crippen LogP contribution in [0.2, 0.25) is 0 Å². The van der Waals surface area contributed by atoms with Crippen molar-refractivity contribution in [3.63, 3.8) is 0 Å². The summed E-state index contributed by atoms with van der Waals surface area (Å²) in [5.74, 6) is -1.30. The molecule has 0 spiro atoms. The lowest BCUT2D eigenvalue weighted by atomic mass is 9.97. The number of amides is 1. The van der Waals surface area contributed by atoms with Crippen molar-refractivity contribution in [2.75, 3.05) is 25.0 Å². The molecule has 0 aliphatic carbocycles. The van der Waals surface area contributed by atoms with Gasteiger partial charge in [-0.1, -0.05) is 42.5 Å². The number of nitrogens with one attached hydrogen (secondary N) is 1. The number of anilines is 1. The van der Waals surface area contributed by atoms with Crippen LogP contribution in [0.3, 0.4) is 0 Å². The third-order valence-electron chi connectivity index (χ3n) is 5.74. The maximum absolute atomic E-state index is 12.9. The molecule has 0 saturated carbocycles. The van der Waals surface area contributed by atoms with E-state index < -0.39 is 16.0 Å². The Morgan fingerprint density at radius 1 is 0.971 bits per heavy atom. The molecule has 34 heavy (non-hydrogen) atoms. The summed E-state index contributed by atoms with van der Waals surface area (Å²) in [4.78, 5) is 24.5. The summed E-state index contributed by atoms with van der Waals surface area (Å²) >= 11 is 0. The van der Waals surface area contributed by atoms with Gasteiger partial charge in [0.1, 0.15) is 0 Å². The first-order chi connectivity index (χ1) is 16.4. The van der Waals surface area contributed by atoms with E-state index in [0.29, 0.717) is 18.5 Å². The van der Waals surface area contributed by atoms with E-state index in [9.17, 15) is 18.0 Å². The summed E-state index contributed by atoms with van der Waals surface area (Å²) in [7, 11) is -3.90. The highest BCUT2D eigenvalue weighted by atomic mass is 32.2. The molecule has 8 nitrogen and oxygen atoms in total. The van der Waals surface area contributed by atoms with Gasteiger partial charge in [0.2, 0.25) is 16.8 Å². The molecule has 2 aromatic carbocycles. The molecule has 1 N–H and O–H groups in total. The van der Waals surface area contributed by atoms with E-state index in [2.05, 4.69) is 5.32 Å². The van der Waals surface area contributed by atoms with E-state index in [1.807, 2.05) is 54.6 Å². The van der Waals surface area contributed by atoms with Crippen molar-refractivity contribution in [3.8, 4) is 11.1 Å². The highest BCUT2D eigenvalue weighted by Crippen LogP contribution is 2.27. The Hall–Kier alpha value is -3.43. The number of carbonyl (C=O) groups is 2. The summed E-state index contributed by atoms with van der Waals surface area (Å²) < 4.78 is 37.1. The number of sulfonamides is 1. The van der Waals surface area contributed by atoms with Gasteiger partial charge < -0.3 is 14.5 Å². The number of benzene rings is 2. The van der Waals surface area contributed by atoms with Gasteiger partial charge in [0, 0.05) is 24.7 Å². The van der Waals surface area contributed by atoms with Crippen LogP contribution in [0, 0.1) is 5.92 Å². The van der Waals surface area contributed by atoms with E-state index >= 15 is 0 Å². The van der Waals surface area contributed by atoms with E-state index in [0.717, 1.165) is 11.1 Å². The van der Waals surface area contributed by atoms with E-state index in [1.165, 1.54) is 16.4 Å². The van der Waals surface area contributed by atoms with Gasteiger partial charge in [-0.2, -0.15) is 4.31 Å². The monoisotopic (exact) mass is 482 g/mol. The second-order valence-corrected chi connectivity index (χ2v) is 9.82. The van der Waals surface area contributed by atoms with Crippen LogP contribution < -0.4 is 5.32 Å². The molecule has 9 heteroatoms. The molecule has 2 heterocycles. The van der Waals surface area contributed by atoms with Crippen LogP contribution in [-0.2, 0) is 19.6 Å². The molecule has 0 unspecified atom stereocenters. The first-order valence-electron chi connectivity index (χ1n) is 11.1. The smallest absolute Gasteiger partial charge is 0.374 e. The molecule has 1 saturated heterocycles. The largest absolute Gasteiger partial charge is 0.460 e. The molecule has 0 radical (unpaired) electrons. The third kappa shape index (κ3) is 5.21. The second kappa shape index (κ2) is 10.2. The number of furan rings is 1. The van der Waals surface area contributed by atoms with Gasteiger partial charge in [0.15, 0.2) is 0 Å². The van der Waals surface area contributed by atoms with Gasteiger partial charge in [-0.05, 0) is 55.2 Å². The average Bonchev–Trinajstić information content (AvgIpc) is 3.37. The Morgan fingerprint density at radius 3 is 2.26 bits per heavy atom. The number of rotatable bonds is 7. The summed E-state index contributed by atoms with van der Waals surface area (Å²) in [6, 6.07) is 20.1. The number of carbonyl (C=O) groups excluding carboxylic acids is 2. The fraction of sp³-hybridized carbons (Fsp3) is 0.280. The average molecular weight is 483 g/mol. The summed E-state index contributed by atoms with van der Waals surface area (Å²) in [6.07, 6.45) is 0.775. The van der Waals surface area contributed by atoms with Crippen LogP contribution in [0.5, 0.6) is 0 Å². The third-order valence-corrected chi connectivity index (χ3v) is 7.51. The van der Waals surface area contributed by atoms with E-state index in [1.54, 1.807) is 6.92 Å². The van der Waals surface area contributed by atoms with Crippen molar-refractivity contribution in [1.29, 1.82) is 0 Å². The van der Waals surface area contributed by atoms with Crippen molar-refractivity contribution in [1.82, 2.24) is 4.31 Å². The predicted octanol–water partition coefficient (Wildman–Crippen LogP) is 4.16. The van der Waals surface area contributed by atoms with Crippen molar-refractivity contribution in [2.24, 2.45) is 5.92 Å². The Kier molecular flexibility index (Phi) is 7.14. The van der Waals surface area contributed by atoms with Crippen molar-refractivity contribution in [3.05, 3.63) is 72.5 Å². The second-order valence-electron chi connectivity index (χ2n) is 7.95. The lowest BCUT2D eigenvalue weighted by molar-refractivity contribution is -0.120. The van der Waals surface area contributed by atoms with Gasteiger partial charge in [0.25, 0.3) is 10.0 Å². The fourth-order valence-electron chi connectivity index (χ4n) is 3.88. The Balaban J connectivity index is 1.33. The Bertz CT molecular complexity index is 1240. The number of piperidine rings is 1. The first-order valence-corrected chi connectivity index (χ1v) is 12.6. The molecule has 1 aliphatic rings. The highest BCUT2D eigenvalue weighted by Gasteiger charge is 2.34. The molecule has 3 aromatic rings. The maximum atomic E-state index is 12.9. The standard InChI is InChI=1S/C25H26N2O6S/c1-2-32-25(29)22-12-13-23(33-22)34(30,31)27-16-14-20(15-17-27)24(28)26-21-10-8-19(9-11-21)18-6-4-3-5-7-18/h3-13,20H,2,14-17H2,1H3,(H,26,28). The molecule has 4 rings (SSSR count). The molecule has 1 aliphatic heterocycles. The topological polar surface area (TPSA) is 106 Å². The van der Waals surface area contributed by atoms with Gasteiger partial charge in [-0.15, -0.1) is 0 Å². The molecular formula is C25H26N2O6S. The quantitative estimate of drug-likeness (QED) is 0.507. The van der Waals surface area contributed by atoms with Crippen molar-refractivity contribution < 1.29 is 27.2 Å². The zero-order valence-electron chi connectivity index (χ0n) is 18.8. The van der Waals surface area contributed by atoms with Crippen LogP contribution in [0.1, 0.15) is 30.3 Å². The van der Waals surface area contributed by atoms with Crippen molar-refractivity contribution >= 4 is 27.6 Å². The molecule has 178 valence electrons. The molecule has 0 bridgehead atoms. The van der Waals surface area contributed by atoms with E-state index in [-0.39, 0.29) is 42.4 Å². The fourth-order valence-corrected chi connectivity index (χ4v) is 5.26. The minimum atomic E-state index is -3.90. The zero-order valence-corrected chi connectivity index (χ0v) is 19.6. The highest BCUT2D eigenvalue weighted by molar-refractivity contribution is 7.89. The first kappa shape index (κ1) is 23.7. The van der Waals surface area contributed by atoms with Crippen LogP contribution in [-0.4, -0.2) is 44.3 Å². The number of ether oxygens (including phenoxy) is 1. The zero-order chi connectivity index (χ0) is 24.1. The Labute approximate surface area is 198 Å². The van der Waals surface area contributed by atoms with Crippen LogP contribution in [0.4, 0.5) is 5.69 Å². The molecule has 0 atom stereocenters. The summed E-state index contributed by atoms with van der Waals surface area (Å²) in [5, 5.41) is 2.62. The lowest BCUT2D eigenvalue weighted by Gasteiger charge is -2.29. The van der Waals surface area contributed by atoms with Crippen LogP contribution >= 0.6 is 0 Å².